The summed E-state index contributed by atoms with van der Waals surface area (Å²) in [6.45, 7) is 2.17. The topological polar surface area (TPSA) is 59.0 Å². The number of carbonyl (C=O) groups is 1. The van der Waals surface area contributed by atoms with E-state index in [0.29, 0.717) is 29.8 Å². The van der Waals surface area contributed by atoms with E-state index in [2.05, 4.69) is 25.1 Å². The molecule has 3 atom stereocenters. The molecule has 0 bridgehead atoms. The first kappa shape index (κ1) is 27.2. The molecule has 2 fully saturated rings. The maximum atomic E-state index is 15.1. The van der Waals surface area contributed by atoms with E-state index in [1.54, 1.807) is 26.2 Å². The van der Waals surface area contributed by atoms with E-state index in [-0.39, 0.29) is 17.8 Å². The van der Waals surface area contributed by atoms with Gasteiger partial charge in [0.1, 0.15) is 23.9 Å². The average molecular weight is 532 g/mol. The Morgan fingerprint density at radius 1 is 0.974 bits per heavy atom. The Hall–Kier alpha value is -3.38. The summed E-state index contributed by atoms with van der Waals surface area (Å²) in [7, 11) is 5.75. The van der Waals surface area contributed by atoms with Crippen molar-refractivity contribution in [3.05, 3.63) is 83.2 Å². The number of carboxylic acids is 1. The van der Waals surface area contributed by atoms with E-state index in [4.69, 9.17) is 9.47 Å². The highest BCUT2D eigenvalue weighted by Crippen LogP contribution is 2.48. The summed E-state index contributed by atoms with van der Waals surface area (Å²) in [5.74, 6) is 0.834. The smallest absolute Gasteiger partial charge is 0.306 e. The van der Waals surface area contributed by atoms with Gasteiger partial charge < -0.3 is 19.5 Å². The van der Waals surface area contributed by atoms with Crippen molar-refractivity contribution in [2.24, 2.45) is 17.8 Å². The molecule has 5 nitrogen and oxygen atoms in total. The van der Waals surface area contributed by atoms with Crippen LogP contribution >= 0.6 is 0 Å². The second-order valence-corrected chi connectivity index (χ2v) is 11.4. The van der Waals surface area contributed by atoms with Gasteiger partial charge in [0.15, 0.2) is 0 Å². The molecule has 2 saturated carbocycles. The van der Waals surface area contributed by atoms with Gasteiger partial charge in [-0.3, -0.25) is 4.79 Å². The van der Waals surface area contributed by atoms with E-state index in [1.807, 2.05) is 36.4 Å². The van der Waals surface area contributed by atoms with Crippen molar-refractivity contribution in [3.8, 4) is 22.6 Å². The van der Waals surface area contributed by atoms with Gasteiger partial charge in [-0.2, -0.15) is 0 Å². The van der Waals surface area contributed by atoms with Crippen molar-refractivity contribution >= 4 is 5.97 Å². The predicted octanol–water partition coefficient (Wildman–Crippen LogP) is 7.31. The highest BCUT2D eigenvalue weighted by molar-refractivity contribution is 5.71. The van der Waals surface area contributed by atoms with E-state index in [0.717, 1.165) is 53.7 Å². The lowest BCUT2D eigenvalue weighted by molar-refractivity contribution is -0.142. The molecule has 6 heteroatoms. The number of halogens is 1. The van der Waals surface area contributed by atoms with E-state index in [1.165, 1.54) is 6.07 Å². The van der Waals surface area contributed by atoms with Gasteiger partial charge in [0, 0.05) is 11.6 Å². The zero-order valence-corrected chi connectivity index (χ0v) is 23.2. The van der Waals surface area contributed by atoms with Crippen LogP contribution in [0.5, 0.6) is 11.5 Å². The van der Waals surface area contributed by atoms with Gasteiger partial charge in [-0.1, -0.05) is 37.3 Å². The number of ether oxygens (including phenoxy) is 2. The van der Waals surface area contributed by atoms with Crippen LogP contribution in [0.15, 0.2) is 60.7 Å². The van der Waals surface area contributed by atoms with Crippen LogP contribution in [-0.2, 0) is 11.4 Å². The zero-order valence-electron chi connectivity index (χ0n) is 23.2. The first-order valence-corrected chi connectivity index (χ1v) is 13.9. The predicted molar refractivity (Wildman–Crippen MR) is 151 cm³/mol. The standard InChI is InChI=1S/C33H38FNO4/c1-20(33(36)37)31(22-9-10-22)24-6-5-7-26(17-24)39-19-21-8-14-27(28-18-25(38-4)13-15-30(28)34)29(16-21)32(35(2)3)23-11-12-23/h5-8,13-18,20,22-23,31-32H,9-12,19H2,1-4H3,(H,36,37)/t20?,31-,32?/m1/s1. The molecule has 0 aromatic heterocycles. The molecule has 0 spiro atoms. The molecule has 0 radical (unpaired) electrons. The molecule has 5 rings (SSSR count). The number of benzene rings is 3. The number of carboxylic acid groups (broad SMARTS) is 1. The summed E-state index contributed by atoms with van der Waals surface area (Å²) in [4.78, 5) is 14.0. The first-order chi connectivity index (χ1) is 18.8. The van der Waals surface area contributed by atoms with E-state index >= 15 is 4.39 Å². The van der Waals surface area contributed by atoms with Gasteiger partial charge >= 0.3 is 5.97 Å². The summed E-state index contributed by atoms with van der Waals surface area (Å²) < 4.78 is 26.7. The van der Waals surface area contributed by atoms with Crippen LogP contribution in [0.1, 0.15) is 61.3 Å². The van der Waals surface area contributed by atoms with Gasteiger partial charge in [0.05, 0.1) is 13.0 Å². The van der Waals surface area contributed by atoms with Crippen molar-refractivity contribution in [1.29, 1.82) is 0 Å². The van der Waals surface area contributed by atoms with Crippen LogP contribution in [0.2, 0.25) is 0 Å². The van der Waals surface area contributed by atoms with Crippen LogP contribution < -0.4 is 9.47 Å². The van der Waals surface area contributed by atoms with Crippen LogP contribution in [0.25, 0.3) is 11.1 Å². The van der Waals surface area contributed by atoms with Crippen LogP contribution in [0, 0.1) is 23.6 Å². The number of hydrogen-bond acceptors (Lipinski definition) is 4. The summed E-state index contributed by atoms with van der Waals surface area (Å²) >= 11 is 0. The molecule has 206 valence electrons. The SMILES string of the molecule is COc1ccc(F)c(-c2ccc(COc3cccc([C@@H](C4CC4)C(C)C(=O)O)c3)cc2C(C2CC2)N(C)C)c1. The van der Waals surface area contributed by atoms with Crippen molar-refractivity contribution in [3.63, 3.8) is 0 Å². The maximum absolute atomic E-state index is 15.1. The highest BCUT2D eigenvalue weighted by atomic mass is 19.1. The second-order valence-electron chi connectivity index (χ2n) is 11.4. The fraction of sp³-hybridized carbons (Fsp3) is 0.424. The van der Waals surface area contributed by atoms with Crippen LogP contribution in [0.4, 0.5) is 4.39 Å². The van der Waals surface area contributed by atoms with Crippen LogP contribution in [-0.4, -0.2) is 37.2 Å². The summed E-state index contributed by atoms with van der Waals surface area (Å²) in [6.07, 6.45) is 4.47. The minimum absolute atomic E-state index is 0.00547. The number of hydrogen-bond donors (Lipinski definition) is 1. The Balaban J connectivity index is 1.43. The van der Waals surface area contributed by atoms with Gasteiger partial charge in [-0.15, -0.1) is 0 Å². The minimum atomic E-state index is -0.760. The number of rotatable bonds is 12. The Morgan fingerprint density at radius 2 is 1.72 bits per heavy atom. The van der Waals surface area contributed by atoms with Crippen molar-refractivity contribution in [2.75, 3.05) is 21.2 Å². The van der Waals surface area contributed by atoms with Gasteiger partial charge in [-0.25, -0.2) is 4.39 Å². The summed E-state index contributed by atoms with van der Waals surface area (Å²) in [5.41, 5.74) is 4.53. The van der Waals surface area contributed by atoms with E-state index < -0.39 is 11.9 Å². The van der Waals surface area contributed by atoms with Gasteiger partial charge in [-0.05, 0) is 110 Å². The lowest BCUT2D eigenvalue weighted by atomic mass is 9.83. The maximum Gasteiger partial charge on any atom is 0.306 e. The van der Waals surface area contributed by atoms with Gasteiger partial charge in [0.25, 0.3) is 0 Å². The van der Waals surface area contributed by atoms with Gasteiger partial charge in [0.2, 0.25) is 0 Å². The lowest BCUT2D eigenvalue weighted by Crippen LogP contribution is -2.22. The normalized spacial score (nSPS) is 17.5. The largest absolute Gasteiger partial charge is 0.497 e. The first-order valence-electron chi connectivity index (χ1n) is 13.9. The van der Waals surface area contributed by atoms with Crippen molar-refractivity contribution in [2.45, 2.75) is 51.2 Å². The molecule has 2 unspecified atom stereocenters. The summed E-state index contributed by atoms with van der Waals surface area (Å²) in [6, 6.07) is 19.1. The third kappa shape index (κ3) is 6.11. The molecule has 0 saturated heterocycles. The molecule has 39 heavy (non-hydrogen) atoms. The third-order valence-corrected chi connectivity index (χ3v) is 8.23. The molecule has 0 amide bonds. The molecular formula is C33H38FNO4. The molecule has 3 aromatic rings. The highest BCUT2D eigenvalue weighted by Gasteiger charge is 2.39. The molecular weight excluding hydrogens is 493 g/mol. The molecule has 2 aliphatic rings. The Bertz CT molecular complexity index is 1330. The minimum Gasteiger partial charge on any atom is -0.497 e. The summed E-state index contributed by atoms with van der Waals surface area (Å²) in [5, 5.41) is 9.65. The van der Waals surface area contributed by atoms with Crippen molar-refractivity contribution < 1.29 is 23.8 Å². The fourth-order valence-corrected chi connectivity index (χ4v) is 5.95. The molecule has 0 heterocycles. The second kappa shape index (κ2) is 11.4. The molecule has 0 aliphatic heterocycles. The van der Waals surface area contributed by atoms with Crippen LogP contribution in [0.3, 0.4) is 0 Å². The monoisotopic (exact) mass is 531 g/mol. The quantitative estimate of drug-likeness (QED) is 0.266. The number of methoxy groups -OCH3 is 1. The van der Waals surface area contributed by atoms with Crippen molar-refractivity contribution in [1.82, 2.24) is 4.90 Å². The Kier molecular flexibility index (Phi) is 7.94. The Morgan fingerprint density at radius 3 is 2.36 bits per heavy atom. The number of nitrogens with zero attached hydrogens (tertiary/aromatic N) is 1. The fourth-order valence-electron chi connectivity index (χ4n) is 5.95. The third-order valence-electron chi connectivity index (χ3n) is 8.23. The zero-order chi connectivity index (χ0) is 27.7. The molecule has 1 N–H and O–H groups in total. The lowest BCUT2D eigenvalue weighted by Gasteiger charge is -2.28. The number of aliphatic carboxylic acids is 1. The Labute approximate surface area is 230 Å². The molecule has 3 aromatic carbocycles. The molecule has 2 aliphatic carbocycles. The van der Waals surface area contributed by atoms with E-state index in [9.17, 15) is 9.90 Å². The average Bonchev–Trinajstić information content (AvgIpc) is 3.85.